The van der Waals surface area contributed by atoms with Crippen LogP contribution in [-0.2, 0) is 6.42 Å². The lowest BCUT2D eigenvalue weighted by atomic mass is 10.2. The van der Waals surface area contributed by atoms with Crippen molar-refractivity contribution in [1.82, 2.24) is 5.32 Å². The van der Waals surface area contributed by atoms with Gasteiger partial charge >= 0.3 is 0 Å². The van der Waals surface area contributed by atoms with Crippen molar-refractivity contribution in [1.29, 1.82) is 0 Å². The van der Waals surface area contributed by atoms with E-state index in [-0.39, 0.29) is 0 Å². The molecular weight excluding hydrogens is 270 g/mol. The van der Waals surface area contributed by atoms with Crippen LogP contribution in [0.3, 0.4) is 0 Å². The third-order valence-electron chi connectivity index (χ3n) is 2.40. The summed E-state index contributed by atoms with van der Waals surface area (Å²) < 4.78 is 2.59. The average Bonchev–Trinajstić information content (AvgIpc) is 2.63. The van der Waals surface area contributed by atoms with Crippen LogP contribution in [-0.4, -0.2) is 13.6 Å². The molecule has 2 aromatic rings. The maximum atomic E-state index is 3.59. The van der Waals surface area contributed by atoms with Gasteiger partial charge in [-0.1, -0.05) is 12.1 Å². The van der Waals surface area contributed by atoms with Crippen molar-refractivity contribution in [3.8, 4) is 0 Å². The Balaban J connectivity index is 2.20. The van der Waals surface area contributed by atoms with Crippen LogP contribution in [0.1, 0.15) is 11.3 Å². The second-order valence-corrected chi connectivity index (χ2v) is 5.57. The van der Waals surface area contributed by atoms with Gasteiger partial charge in [0.1, 0.15) is 0 Å². The Bertz CT molecular complexity index is 450. The standard InChI is InChI=1S/C12H14BrNS/c1-14-7-3-5-10-8-9-4-2-6-11(13)12(9)15-10/h2,4,6,8,14H,3,5,7H2,1H3. The summed E-state index contributed by atoms with van der Waals surface area (Å²) in [5.74, 6) is 0. The fourth-order valence-corrected chi connectivity index (χ4v) is 3.37. The molecule has 1 nitrogen and oxygen atoms in total. The molecule has 1 N–H and O–H groups in total. The van der Waals surface area contributed by atoms with Gasteiger partial charge in [-0.3, -0.25) is 0 Å². The number of aryl methyl sites for hydroxylation is 1. The van der Waals surface area contributed by atoms with E-state index in [4.69, 9.17) is 0 Å². The smallest absolute Gasteiger partial charge is 0.0487 e. The van der Waals surface area contributed by atoms with Crippen molar-refractivity contribution in [3.05, 3.63) is 33.6 Å². The molecule has 15 heavy (non-hydrogen) atoms. The summed E-state index contributed by atoms with van der Waals surface area (Å²) >= 11 is 5.49. The fourth-order valence-electron chi connectivity index (χ4n) is 1.64. The number of hydrogen-bond acceptors (Lipinski definition) is 2. The third kappa shape index (κ3) is 2.60. The molecular formula is C12H14BrNS. The molecule has 0 atom stereocenters. The Kier molecular flexibility index (Phi) is 3.78. The number of thiophene rings is 1. The van der Waals surface area contributed by atoms with E-state index in [2.05, 4.69) is 45.5 Å². The highest BCUT2D eigenvalue weighted by Gasteiger charge is 2.03. The molecule has 1 heterocycles. The molecule has 0 fully saturated rings. The van der Waals surface area contributed by atoms with Crippen LogP contribution in [0.5, 0.6) is 0 Å². The summed E-state index contributed by atoms with van der Waals surface area (Å²) in [5.41, 5.74) is 0. The Hall–Kier alpha value is -0.380. The molecule has 0 unspecified atom stereocenters. The summed E-state index contributed by atoms with van der Waals surface area (Å²) in [5, 5.41) is 4.53. The maximum absolute atomic E-state index is 3.59. The molecule has 0 saturated heterocycles. The molecule has 0 spiro atoms. The summed E-state index contributed by atoms with van der Waals surface area (Å²) in [7, 11) is 2.00. The quantitative estimate of drug-likeness (QED) is 0.842. The first kappa shape index (κ1) is 11.1. The topological polar surface area (TPSA) is 12.0 Å². The highest BCUT2D eigenvalue weighted by Crippen LogP contribution is 2.32. The largest absolute Gasteiger partial charge is 0.320 e. The second-order valence-electron chi connectivity index (χ2n) is 3.58. The van der Waals surface area contributed by atoms with Gasteiger partial charge in [0, 0.05) is 14.0 Å². The van der Waals surface area contributed by atoms with Gasteiger partial charge in [0.25, 0.3) is 0 Å². The van der Waals surface area contributed by atoms with E-state index in [1.54, 1.807) is 0 Å². The molecule has 80 valence electrons. The van der Waals surface area contributed by atoms with Crippen molar-refractivity contribution < 1.29 is 0 Å². The minimum absolute atomic E-state index is 1.09. The molecule has 1 aromatic carbocycles. The number of benzene rings is 1. The number of halogens is 1. The summed E-state index contributed by atoms with van der Waals surface area (Å²) in [6.45, 7) is 1.09. The zero-order valence-corrected chi connectivity index (χ0v) is 11.1. The van der Waals surface area contributed by atoms with Crippen LogP contribution in [0.15, 0.2) is 28.7 Å². The van der Waals surface area contributed by atoms with Crippen LogP contribution in [0.25, 0.3) is 10.1 Å². The molecule has 3 heteroatoms. The van der Waals surface area contributed by atoms with Crippen LogP contribution in [0.2, 0.25) is 0 Å². The number of fused-ring (bicyclic) bond motifs is 1. The third-order valence-corrected chi connectivity index (χ3v) is 4.56. The van der Waals surface area contributed by atoms with Crippen LogP contribution in [0, 0.1) is 0 Å². The molecule has 0 aliphatic heterocycles. The molecule has 1 aromatic heterocycles. The normalized spacial score (nSPS) is 11.1. The van der Waals surface area contributed by atoms with Gasteiger partial charge in [0.05, 0.1) is 0 Å². The Morgan fingerprint density at radius 1 is 1.40 bits per heavy atom. The fraction of sp³-hybridized carbons (Fsp3) is 0.333. The number of rotatable bonds is 4. The molecule has 0 amide bonds. The Labute approximate surface area is 103 Å². The molecule has 0 aliphatic rings. The molecule has 2 rings (SSSR count). The lowest BCUT2D eigenvalue weighted by Crippen LogP contribution is -2.07. The van der Waals surface area contributed by atoms with Crippen molar-refractivity contribution in [3.63, 3.8) is 0 Å². The van der Waals surface area contributed by atoms with E-state index in [0.717, 1.165) is 6.54 Å². The Morgan fingerprint density at radius 2 is 2.27 bits per heavy atom. The van der Waals surface area contributed by atoms with Crippen molar-refractivity contribution in [2.75, 3.05) is 13.6 Å². The lowest BCUT2D eigenvalue weighted by molar-refractivity contribution is 0.729. The zero-order valence-electron chi connectivity index (χ0n) is 8.72. The maximum Gasteiger partial charge on any atom is 0.0487 e. The first-order valence-corrected chi connectivity index (χ1v) is 6.74. The van der Waals surface area contributed by atoms with Crippen molar-refractivity contribution >= 4 is 37.4 Å². The van der Waals surface area contributed by atoms with E-state index in [1.807, 2.05) is 18.4 Å². The van der Waals surface area contributed by atoms with E-state index >= 15 is 0 Å². The van der Waals surface area contributed by atoms with E-state index in [9.17, 15) is 0 Å². The monoisotopic (exact) mass is 283 g/mol. The summed E-state index contributed by atoms with van der Waals surface area (Å²) in [4.78, 5) is 1.48. The van der Waals surface area contributed by atoms with Gasteiger partial charge in [-0.05, 0) is 59.9 Å². The summed E-state index contributed by atoms with van der Waals surface area (Å²) in [6, 6.07) is 8.69. The first-order chi connectivity index (χ1) is 7.31. The molecule has 0 saturated carbocycles. The predicted molar refractivity (Wildman–Crippen MR) is 71.8 cm³/mol. The summed E-state index contributed by atoms with van der Waals surface area (Å²) in [6.07, 6.45) is 2.38. The van der Waals surface area contributed by atoms with E-state index < -0.39 is 0 Å². The minimum atomic E-state index is 1.09. The van der Waals surface area contributed by atoms with Crippen LogP contribution in [0.4, 0.5) is 0 Å². The van der Waals surface area contributed by atoms with Crippen LogP contribution >= 0.6 is 27.3 Å². The average molecular weight is 284 g/mol. The van der Waals surface area contributed by atoms with Gasteiger partial charge < -0.3 is 5.32 Å². The highest BCUT2D eigenvalue weighted by molar-refractivity contribution is 9.10. The second kappa shape index (κ2) is 5.10. The predicted octanol–water partition coefficient (Wildman–Crippen LogP) is 3.82. The first-order valence-electron chi connectivity index (χ1n) is 5.13. The molecule has 0 aliphatic carbocycles. The van der Waals surface area contributed by atoms with Gasteiger partial charge in [-0.15, -0.1) is 11.3 Å². The van der Waals surface area contributed by atoms with Gasteiger partial charge in [0.2, 0.25) is 0 Å². The number of nitrogens with one attached hydrogen (secondary N) is 1. The number of hydrogen-bond donors (Lipinski definition) is 1. The Morgan fingerprint density at radius 3 is 3.00 bits per heavy atom. The van der Waals surface area contributed by atoms with Gasteiger partial charge in [-0.2, -0.15) is 0 Å². The van der Waals surface area contributed by atoms with Gasteiger partial charge in [0.15, 0.2) is 0 Å². The minimum Gasteiger partial charge on any atom is -0.320 e. The molecule has 0 bridgehead atoms. The SMILES string of the molecule is CNCCCc1cc2cccc(Br)c2s1. The van der Waals surface area contributed by atoms with Crippen molar-refractivity contribution in [2.45, 2.75) is 12.8 Å². The van der Waals surface area contributed by atoms with Crippen LogP contribution < -0.4 is 5.32 Å². The van der Waals surface area contributed by atoms with Crippen molar-refractivity contribution in [2.24, 2.45) is 0 Å². The molecule has 0 radical (unpaired) electrons. The highest BCUT2D eigenvalue weighted by atomic mass is 79.9. The lowest BCUT2D eigenvalue weighted by Gasteiger charge is -1.95. The van der Waals surface area contributed by atoms with E-state index in [1.165, 1.54) is 32.3 Å². The van der Waals surface area contributed by atoms with Gasteiger partial charge in [-0.25, -0.2) is 0 Å². The zero-order chi connectivity index (χ0) is 10.7. The van der Waals surface area contributed by atoms with E-state index in [0.29, 0.717) is 0 Å².